The maximum absolute atomic E-state index is 12.8. The molecule has 0 atom stereocenters. The summed E-state index contributed by atoms with van der Waals surface area (Å²) in [5, 5.41) is 8.95. The predicted octanol–water partition coefficient (Wildman–Crippen LogP) is 3.16. The molecule has 0 heterocycles. The van der Waals surface area contributed by atoms with Crippen molar-refractivity contribution in [1.29, 1.82) is 5.26 Å². The van der Waals surface area contributed by atoms with Crippen LogP contribution in [0.2, 0.25) is 0 Å². The number of benzene rings is 2. The van der Waals surface area contributed by atoms with E-state index in [9.17, 15) is 8.42 Å². The number of nitriles is 1. The summed E-state index contributed by atoms with van der Waals surface area (Å²) in [5.74, 6) is 0. The summed E-state index contributed by atoms with van der Waals surface area (Å²) in [4.78, 5) is 0.163. The molecule has 0 aromatic heterocycles. The number of hydrogen-bond donors (Lipinski definition) is 0. The van der Waals surface area contributed by atoms with E-state index in [1.54, 1.807) is 12.1 Å². The van der Waals surface area contributed by atoms with Crippen molar-refractivity contribution in [3.8, 4) is 6.07 Å². The van der Waals surface area contributed by atoms with Gasteiger partial charge in [0.15, 0.2) is 0 Å². The van der Waals surface area contributed by atoms with E-state index < -0.39 is 10.0 Å². The smallest absolute Gasteiger partial charge is 0.207 e. The van der Waals surface area contributed by atoms with Gasteiger partial charge in [0.25, 0.3) is 0 Å². The minimum atomic E-state index is -3.61. The summed E-state index contributed by atoms with van der Waals surface area (Å²) in [6.07, 6.45) is 0.726. The van der Waals surface area contributed by atoms with E-state index in [0.717, 1.165) is 12.0 Å². The Kier molecular flexibility index (Phi) is 5.31. The first kappa shape index (κ1) is 16.2. The topological polar surface area (TPSA) is 61.2 Å². The second-order valence-electron chi connectivity index (χ2n) is 4.96. The fourth-order valence-corrected chi connectivity index (χ4v) is 3.76. The monoisotopic (exact) mass is 314 g/mol. The van der Waals surface area contributed by atoms with Gasteiger partial charge in [0.1, 0.15) is 0 Å². The zero-order chi connectivity index (χ0) is 16.0. The van der Waals surface area contributed by atoms with Gasteiger partial charge in [-0.25, -0.2) is 8.42 Å². The molecule has 0 aliphatic heterocycles. The van der Waals surface area contributed by atoms with Crippen LogP contribution in [-0.2, 0) is 16.6 Å². The molecule has 2 aromatic carbocycles. The molecule has 0 fully saturated rings. The highest BCUT2D eigenvalue weighted by molar-refractivity contribution is 7.89. The fraction of sp³-hybridized carbons (Fsp3) is 0.235. The Hall–Kier alpha value is -2.16. The average molecular weight is 314 g/mol. The van der Waals surface area contributed by atoms with Crippen LogP contribution in [0.1, 0.15) is 24.5 Å². The lowest BCUT2D eigenvalue weighted by molar-refractivity contribution is 0.405. The molecule has 114 valence electrons. The fourth-order valence-electron chi connectivity index (χ4n) is 2.20. The first-order valence-corrected chi connectivity index (χ1v) is 8.56. The molecule has 0 saturated carbocycles. The zero-order valence-corrected chi connectivity index (χ0v) is 13.3. The highest BCUT2D eigenvalue weighted by Gasteiger charge is 2.24. The van der Waals surface area contributed by atoms with Gasteiger partial charge in [0.2, 0.25) is 10.0 Å². The standard InChI is InChI=1S/C17H18N2O2S/c1-2-11-19(14-15-7-4-3-5-8-15)22(20,21)17-10-6-9-16(12-17)13-18/h3-10,12H,2,11,14H2,1H3. The van der Waals surface area contributed by atoms with Crippen LogP contribution in [0.5, 0.6) is 0 Å². The highest BCUT2D eigenvalue weighted by atomic mass is 32.2. The van der Waals surface area contributed by atoms with Gasteiger partial charge in [-0.1, -0.05) is 43.3 Å². The van der Waals surface area contributed by atoms with Crippen LogP contribution in [0.3, 0.4) is 0 Å². The van der Waals surface area contributed by atoms with E-state index >= 15 is 0 Å². The van der Waals surface area contributed by atoms with Crippen LogP contribution in [0.4, 0.5) is 0 Å². The molecule has 0 aliphatic rings. The van der Waals surface area contributed by atoms with E-state index in [1.807, 2.05) is 43.3 Å². The van der Waals surface area contributed by atoms with Crippen LogP contribution in [-0.4, -0.2) is 19.3 Å². The van der Waals surface area contributed by atoms with Crippen molar-refractivity contribution >= 4 is 10.0 Å². The minimum Gasteiger partial charge on any atom is -0.207 e. The molecule has 0 amide bonds. The molecule has 0 saturated heterocycles. The Morgan fingerprint density at radius 1 is 1.09 bits per heavy atom. The number of sulfonamides is 1. The first-order chi connectivity index (χ1) is 10.6. The van der Waals surface area contributed by atoms with Gasteiger partial charge in [-0.05, 0) is 30.2 Å². The van der Waals surface area contributed by atoms with Crippen LogP contribution in [0.25, 0.3) is 0 Å². The van der Waals surface area contributed by atoms with Crippen LogP contribution in [0, 0.1) is 11.3 Å². The summed E-state index contributed by atoms with van der Waals surface area (Å²) >= 11 is 0. The molecule has 0 radical (unpaired) electrons. The van der Waals surface area contributed by atoms with Gasteiger partial charge in [-0.15, -0.1) is 0 Å². The van der Waals surface area contributed by atoms with Crippen molar-refractivity contribution in [2.75, 3.05) is 6.54 Å². The molecule has 0 aliphatic carbocycles. The molecule has 2 aromatic rings. The number of nitrogens with zero attached hydrogens (tertiary/aromatic N) is 2. The highest BCUT2D eigenvalue weighted by Crippen LogP contribution is 2.19. The predicted molar refractivity (Wildman–Crippen MR) is 85.5 cm³/mol. The molecular formula is C17H18N2O2S. The van der Waals surface area contributed by atoms with Gasteiger partial charge in [-0.3, -0.25) is 0 Å². The molecule has 0 bridgehead atoms. The molecule has 0 spiro atoms. The first-order valence-electron chi connectivity index (χ1n) is 7.12. The van der Waals surface area contributed by atoms with Gasteiger partial charge in [0.05, 0.1) is 16.5 Å². The Morgan fingerprint density at radius 2 is 1.82 bits per heavy atom. The van der Waals surface area contributed by atoms with Crippen molar-refractivity contribution in [2.45, 2.75) is 24.8 Å². The van der Waals surface area contributed by atoms with E-state index in [0.29, 0.717) is 18.7 Å². The molecule has 0 N–H and O–H groups in total. The van der Waals surface area contributed by atoms with Crippen LogP contribution in [0.15, 0.2) is 59.5 Å². The number of rotatable bonds is 6. The SMILES string of the molecule is CCCN(Cc1ccccc1)S(=O)(=O)c1cccc(C#N)c1. The van der Waals surface area contributed by atoms with Gasteiger partial charge in [0, 0.05) is 13.1 Å². The molecule has 5 heteroatoms. The van der Waals surface area contributed by atoms with E-state index in [2.05, 4.69) is 0 Å². The Balaban J connectivity index is 2.35. The van der Waals surface area contributed by atoms with Crippen molar-refractivity contribution in [3.63, 3.8) is 0 Å². The largest absolute Gasteiger partial charge is 0.243 e. The average Bonchev–Trinajstić information content (AvgIpc) is 2.55. The zero-order valence-electron chi connectivity index (χ0n) is 12.4. The lowest BCUT2D eigenvalue weighted by Crippen LogP contribution is -2.31. The summed E-state index contributed by atoms with van der Waals surface area (Å²) in [5.41, 5.74) is 1.29. The Bertz CT molecular complexity index is 765. The lowest BCUT2D eigenvalue weighted by Gasteiger charge is -2.22. The van der Waals surface area contributed by atoms with Gasteiger partial charge in [-0.2, -0.15) is 9.57 Å². The summed E-state index contributed by atoms with van der Waals surface area (Å²) in [6.45, 7) is 2.71. The van der Waals surface area contributed by atoms with Crippen molar-refractivity contribution < 1.29 is 8.42 Å². The van der Waals surface area contributed by atoms with Crippen molar-refractivity contribution in [3.05, 3.63) is 65.7 Å². The Labute approximate surface area is 131 Å². The van der Waals surface area contributed by atoms with E-state index in [1.165, 1.54) is 16.4 Å². The van der Waals surface area contributed by atoms with Crippen molar-refractivity contribution in [2.24, 2.45) is 0 Å². The summed E-state index contributed by atoms with van der Waals surface area (Å²) in [7, 11) is -3.61. The third-order valence-electron chi connectivity index (χ3n) is 3.28. The third-order valence-corrected chi connectivity index (χ3v) is 5.12. The minimum absolute atomic E-state index is 0.163. The Morgan fingerprint density at radius 3 is 2.45 bits per heavy atom. The summed E-state index contributed by atoms with van der Waals surface area (Å²) < 4.78 is 27.1. The summed E-state index contributed by atoms with van der Waals surface area (Å²) in [6, 6.07) is 17.6. The van der Waals surface area contributed by atoms with Crippen LogP contribution >= 0.6 is 0 Å². The molecule has 22 heavy (non-hydrogen) atoms. The second kappa shape index (κ2) is 7.21. The van der Waals surface area contributed by atoms with Crippen LogP contribution < -0.4 is 0 Å². The van der Waals surface area contributed by atoms with E-state index in [-0.39, 0.29) is 4.90 Å². The quantitative estimate of drug-likeness (QED) is 0.823. The second-order valence-corrected chi connectivity index (χ2v) is 6.90. The normalized spacial score (nSPS) is 11.3. The lowest BCUT2D eigenvalue weighted by atomic mass is 10.2. The van der Waals surface area contributed by atoms with Crippen molar-refractivity contribution in [1.82, 2.24) is 4.31 Å². The van der Waals surface area contributed by atoms with E-state index in [4.69, 9.17) is 5.26 Å². The molecule has 0 unspecified atom stereocenters. The third kappa shape index (κ3) is 3.73. The van der Waals surface area contributed by atoms with Gasteiger partial charge >= 0.3 is 0 Å². The maximum Gasteiger partial charge on any atom is 0.243 e. The maximum atomic E-state index is 12.8. The molecule has 2 rings (SSSR count). The number of hydrogen-bond acceptors (Lipinski definition) is 3. The molecular weight excluding hydrogens is 296 g/mol. The van der Waals surface area contributed by atoms with Gasteiger partial charge < -0.3 is 0 Å². The molecule has 4 nitrogen and oxygen atoms in total.